The molecule has 6 N–H and O–H groups in total. The zero-order chi connectivity index (χ0) is 25.5. The normalized spacial score (nSPS) is 25.5. The van der Waals surface area contributed by atoms with E-state index in [-0.39, 0.29) is 12.2 Å². The highest BCUT2D eigenvalue weighted by atomic mass is 17.1. The van der Waals surface area contributed by atoms with Crippen LogP contribution in [0.3, 0.4) is 0 Å². The van der Waals surface area contributed by atoms with Gasteiger partial charge in [0.05, 0.1) is 12.2 Å². The molecule has 0 aromatic rings. The van der Waals surface area contributed by atoms with Crippen LogP contribution in [0, 0.1) is 22.7 Å². The second-order valence-corrected chi connectivity index (χ2v) is 10.5. The maximum absolute atomic E-state index is 8.56. The highest BCUT2D eigenvalue weighted by molar-refractivity contribution is 5.53. The molecule has 2 aliphatic carbocycles. The zero-order valence-electron chi connectivity index (χ0n) is 20.3. The van der Waals surface area contributed by atoms with Crippen molar-refractivity contribution in [1.29, 1.82) is 0 Å². The van der Waals surface area contributed by atoms with Gasteiger partial charge in [0.2, 0.25) is 0 Å². The summed E-state index contributed by atoms with van der Waals surface area (Å²) < 4.78 is 0. The molecule has 0 radical (unpaired) electrons. The average molecular weight is 469 g/mol. The minimum Gasteiger partial charge on any atom is -0.450 e. The monoisotopic (exact) mass is 468 g/mol. The van der Waals surface area contributed by atoms with Crippen molar-refractivity contribution in [2.45, 2.75) is 105 Å². The van der Waals surface area contributed by atoms with Crippen LogP contribution in [0.15, 0.2) is 0 Å². The van der Waals surface area contributed by atoms with Gasteiger partial charge in [0, 0.05) is 0 Å². The summed E-state index contributed by atoms with van der Waals surface area (Å²) in [6, 6.07) is 0. The van der Waals surface area contributed by atoms with Crippen molar-refractivity contribution in [2.24, 2.45) is 22.7 Å². The lowest BCUT2D eigenvalue weighted by atomic mass is 9.72. The minimum absolute atomic E-state index is 0.101. The third kappa shape index (κ3) is 18.0. The van der Waals surface area contributed by atoms with Gasteiger partial charge in [0.1, 0.15) is 0 Å². The molecule has 2 fully saturated rings. The summed E-state index contributed by atoms with van der Waals surface area (Å²) in [5.41, 5.74) is 0.834. The molecule has 10 heteroatoms. The van der Waals surface area contributed by atoms with E-state index >= 15 is 0 Å². The van der Waals surface area contributed by atoms with Crippen molar-refractivity contribution in [3.05, 3.63) is 0 Å². The van der Waals surface area contributed by atoms with Gasteiger partial charge in [0.25, 0.3) is 0 Å². The van der Waals surface area contributed by atoms with E-state index in [4.69, 9.17) is 40.5 Å². The molecule has 32 heavy (non-hydrogen) atoms. The van der Waals surface area contributed by atoms with Crippen LogP contribution < -0.4 is 0 Å². The van der Waals surface area contributed by atoms with Crippen LogP contribution >= 0.6 is 0 Å². The van der Waals surface area contributed by atoms with E-state index in [0.717, 1.165) is 37.5 Å². The first-order valence-electron chi connectivity index (χ1n) is 11.0. The summed E-state index contributed by atoms with van der Waals surface area (Å²) in [4.78, 5) is 25.8. The Hall–Kier alpha value is -1.62. The molecule has 0 spiro atoms. The predicted molar refractivity (Wildman–Crippen MR) is 119 cm³/mol. The van der Waals surface area contributed by atoms with E-state index in [1.807, 2.05) is 0 Å². The smallest absolute Gasteiger partial charge is 0.450 e. The first-order chi connectivity index (χ1) is 14.5. The first kappa shape index (κ1) is 32.6. The molecule has 0 unspecified atom stereocenters. The third-order valence-corrected chi connectivity index (χ3v) is 6.10. The quantitative estimate of drug-likeness (QED) is 0.191. The number of hydrogen-bond acceptors (Lipinski definition) is 6. The van der Waals surface area contributed by atoms with Crippen molar-refractivity contribution in [3.8, 4) is 0 Å². The van der Waals surface area contributed by atoms with E-state index in [9.17, 15) is 0 Å². The maximum atomic E-state index is 8.56. The van der Waals surface area contributed by atoms with E-state index < -0.39 is 12.3 Å². The van der Waals surface area contributed by atoms with Crippen LogP contribution in [-0.4, -0.2) is 55.5 Å². The number of carbonyl (C=O) groups is 2. The van der Waals surface area contributed by atoms with Crippen LogP contribution in [0.2, 0.25) is 0 Å². The molecular weight excluding hydrogens is 424 g/mol. The Labute approximate surface area is 191 Å². The number of hydrogen-bond donors (Lipinski definition) is 6. The van der Waals surface area contributed by atoms with Crippen LogP contribution in [-0.2, 0) is 9.78 Å². The molecule has 0 heterocycles. The van der Waals surface area contributed by atoms with Gasteiger partial charge in [-0.1, -0.05) is 41.5 Å². The van der Waals surface area contributed by atoms with E-state index in [1.165, 1.54) is 25.7 Å². The lowest BCUT2D eigenvalue weighted by Gasteiger charge is -2.35. The Morgan fingerprint density at radius 2 is 0.750 bits per heavy atom. The van der Waals surface area contributed by atoms with Gasteiger partial charge in [0.15, 0.2) is 0 Å². The fourth-order valence-corrected chi connectivity index (χ4v) is 4.07. The van der Waals surface area contributed by atoms with Crippen LogP contribution in [0.1, 0.15) is 92.9 Å². The average Bonchev–Trinajstić information content (AvgIpc) is 2.66. The Bertz CT molecular complexity index is 440. The Morgan fingerprint density at radius 1 is 0.562 bits per heavy atom. The van der Waals surface area contributed by atoms with E-state index in [0.29, 0.717) is 10.8 Å². The fourth-order valence-electron chi connectivity index (χ4n) is 4.07. The Morgan fingerprint density at radius 3 is 0.875 bits per heavy atom. The van der Waals surface area contributed by atoms with Crippen molar-refractivity contribution < 1.29 is 50.3 Å². The maximum Gasteiger partial charge on any atom is 0.503 e. The van der Waals surface area contributed by atoms with Crippen molar-refractivity contribution in [2.75, 3.05) is 0 Å². The SMILES string of the molecule is CC(C)(C)C1CCC(OO)CC1.CC(C)(C)C1CCC(OO)CC1.O=C(O)O.O=C(O)O. The standard InChI is InChI=1S/2C10H20O2.2CH2O3/c2*1-10(2,3)8-4-6-9(12-11)7-5-8;2*2-1(3)4/h2*8-9,11H,4-7H2,1-3H3;2*(H2,2,3,4). The molecular formula is C22H44O10. The molecule has 2 rings (SSSR count). The lowest BCUT2D eigenvalue weighted by Crippen LogP contribution is -2.28. The molecule has 0 saturated heterocycles. The highest BCUT2D eigenvalue weighted by Gasteiger charge is 2.30. The van der Waals surface area contributed by atoms with E-state index in [2.05, 4.69) is 51.3 Å². The van der Waals surface area contributed by atoms with Gasteiger partial charge < -0.3 is 20.4 Å². The van der Waals surface area contributed by atoms with Gasteiger partial charge in [-0.15, -0.1) is 0 Å². The third-order valence-electron chi connectivity index (χ3n) is 6.10. The molecule has 2 saturated carbocycles. The van der Waals surface area contributed by atoms with Crippen molar-refractivity contribution >= 4 is 12.3 Å². The summed E-state index contributed by atoms with van der Waals surface area (Å²) in [6.45, 7) is 13.7. The van der Waals surface area contributed by atoms with Crippen LogP contribution in [0.4, 0.5) is 9.59 Å². The second-order valence-electron chi connectivity index (χ2n) is 10.5. The first-order valence-corrected chi connectivity index (χ1v) is 11.0. The van der Waals surface area contributed by atoms with Gasteiger partial charge in [-0.3, -0.25) is 10.5 Å². The summed E-state index contributed by atoms with van der Waals surface area (Å²) >= 11 is 0. The molecule has 0 bridgehead atoms. The van der Waals surface area contributed by atoms with Crippen LogP contribution in [0.5, 0.6) is 0 Å². The summed E-state index contributed by atoms with van der Waals surface area (Å²) in [5, 5.41) is 44.8. The zero-order valence-corrected chi connectivity index (χ0v) is 20.3. The Balaban J connectivity index is 0. The molecule has 10 nitrogen and oxygen atoms in total. The topological polar surface area (TPSA) is 174 Å². The molecule has 0 atom stereocenters. The second kappa shape index (κ2) is 16.1. The lowest BCUT2D eigenvalue weighted by molar-refractivity contribution is -0.286. The van der Waals surface area contributed by atoms with Gasteiger partial charge >= 0.3 is 12.3 Å². The highest BCUT2D eigenvalue weighted by Crippen LogP contribution is 2.39. The number of rotatable bonds is 2. The van der Waals surface area contributed by atoms with Crippen LogP contribution in [0.25, 0.3) is 0 Å². The summed E-state index contributed by atoms with van der Waals surface area (Å²) in [5.74, 6) is 1.59. The molecule has 0 aromatic carbocycles. The largest absolute Gasteiger partial charge is 0.503 e. The Kier molecular flexibility index (Phi) is 16.3. The fraction of sp³-hybridized carbons (Fsp3) is 0.909. The molecule has 0 aromatic heterocycles. The summed E-state index contributed by atoms with van der Waals surface area (Å²) in [7, 11) is 0. The van der Waals surface area contributed by atoms with Crippen molar-refractivity contribution in [3.63, 3.8) is 0 Å². The summed E-state index contributed by atoms with van der Waals surface area (Å²) in [6.07, 6.45) is 5.34. The molecule has 0 aliphatic heterocycles. The molecule has 2 aliphatic rings. The molecule has 192 valence electrons. The molecule has 0 amide bonds. The van der Waals surface area contributed by atoms with Gasteiger partial charge in [-0.2, -0.15) is 0 Å². The number of carboxylic acid groups (broad SMARTS) is 4. The van der Waals surface area contributed by atoms with Gasteiger partial charge in [-0.05, 0) is 74.0 Å². The van der Waals surface area contributed by atoms with Gasteiger partial charge in [-0.25, -0.2) is 19.4 Å². The minimum atomic E-state index is -1.83. The van der Waals surface area contributed by atoms with E-state index in [1.54, 1.807) is 0 Å². The van der Waals surface area contributed by atoms with Crippen molar-refractivity contribution in [1.82, 2.24) is 0 Å². The predicted octanol–water partition coefficient (Wildman–Crippen LogP) is 6.61.